The Balaban J connectivity index is 1.89. The largest absolute Gasteiger partial charge is 0.461 e. The lowest BCUT2D eigenvalue weighted by Gasteiger charge is -2.10. The Kier molecular flexibility index (Phi) is 3.73. The Morgan fingerprint density at radius 3 is 2.59 bits per heavy atom. The first kappa shape index (κ1) is 11.6. The van der Waals surface area contributed by atoms with Gasteiger partial charge < -0.3 is 10.2 Å². The van der Waals surface area contributed by atoms with Crippen molar-refractivity contribution >= 4 is 5.78 Å². The monoisotopic (exact) mass is 229 g/mol. The first-order chi connectivity index (χ1) is 8.27. The zero-order chi connectivity index (χ0) is 12.1. The van der Waals surface area contributed by atoms with Crippen LogP contribution in [0, 0.1) is 0 Å². The molecule has 2 N–H and O–H groups in total. The molecule has 0 saturated carbocycles. The van der Waals surface area contributed by atoms with E-state index in [9.17, 15) is 4.79 Å². The third-order valence-electron chi connectivity index (χ3n) is 2.71. The van der Waals surface area contributed by atoms with Crippen molar-refractivity contribution in [3.05, 3.63) is 60.1 Å². The van der Waals surface area contributed by atoms with Crippen molar-refractivity contribution in [2.45, 2.75) is 18.9 Å². The fraction of sp³-hybridized carbons (Fsp3) is 0.214. The normalized spacial score (nSPS) is 12.3. The smallest absolute Gasteiger partial charge is 0.198 e. The third-order valence-corrected chi connectivity index (χ3v) is 2.71. The van der Waals surface area contributed by atoms with Gasteiger partial charge in [-0.05, 0) is 24.1 Å². The Labute approximate surface area is 100 Å². The molecule has 0 spiro atoms. The van der Waals surface area contributed by atoms with Gasteiger partial charge >= 0.3 is 0 Å². The van der Waals surface area contributed by atoms with Crippen molar-refractivity contribution in [1.29, 1.82) is 0 Å². The molecule has 1 aromatic carbocycles. The van der Waals surface area contributed by atoms with Gasteiger partial charge in [-0.1, -0.05) is 30.3 Å². The highest BCUT2D eigenvalue weighted by Crippen LogP contribution is 2.17. The van der Waals surface area contributed by atoms with Gasteiger partial charge in [-0.3, -0.25) is 4.79 Å². The second-order valence-electron chi connectivity index (χ2n) is 3.96. The summed E-state index contributed by atoms with van der Waals surface area (Å²) in [7, 11) is 0. The molecule has 0 radical (unpaired) electrons. The standard InChI is InChI=1S/C14H15NO2/c15-12(11-5-2-1-3-6-11)8-9-13(16)14-7-4-10-17-14/h1-7,10,12H,8-9,15H2. The first-order valence-electron chi connectivity index (χ1n) is 5.64. The molecule has 1 aromatic heterocycles. The lowest BCUT2D eigenvalue weighted by Crippen LogP contribution is -2.12. The summed E-state index contributed by atoms with van der Waals surface area (Å²) in [5.74, 6) is 0.409. The van der Waals surface area contributed by atoms with Gasteiger partial charge in [0.1, 0.15) is 0 Å². The number of nitrogens with two attached hydrogens (primary N) is 1. The highest BCUT2D eigenvalue weighted by Gasteiger charge is 2.12. The van der Waals surface area contributed by atoms with Gasteiger partial charge in [0, 0.05) is 12.5 Å². The van der Waals surface area contributed by atoms with E-state index in [4.69, 9.17) is 10.2 Å². The van der Waals surface area contributed by atoms with Crippen LogP contribution in [-0.2, 0) is 0 Å². The molecule has 1 atom stereocenters. The van der Waals surface area contributed by atoms with Crippen molar-refractivity contribution in [3.8, 4) is 0 Å². The molecule has 0 saturated heterocycles. The molecular weight excluding hydrogens is 214 g/mol. The number of hydrogen-bond acceptors (Lipinski definition) is 3. The maximum Gasteiger partial charge on any atom is 0.198 e. The highest BCUT2D eigenvalue weighted by molar-refractivity contribution is 5.93. The highest BCUT2D eigenvalue weighted by atomic mass is 16.3. The number of carbonyl (C=O) groups excluding carboxylic acids is 1. The molecule has 1 heterocycles. The number of rotatable bonds is 5. The Hall–Kier alpha value is -1.87. The number of hydrogen-bond donors (Lipinski definition) is 1. The average Bonchev–Trinajstić information content (AvgIpc) is 2.90. The molecule has 0 aliphatic rings. The van der Waals surface area contributed by atoms with E-state index in [1.165, 1.54) is 6.26 Å². The summed E-state index contributed by atoms with van der Waals surface area (Å²) in [6.45, 7) is 0. The predicted molar refractivity (Wildman–Crippen MR) is 65.6 cm³/mol. The molecule has 2 aromatic rings. The lowest BCUT2D eigenvalue weighted by molar-refractivity contribution is 0.0950. The number of ketones is 1. The van der Waals surface area contributed by atoms with E-state index in [1.54, 1.807) is 12.1 Å². The van der Waals surface area contributed by atoms with Gasteiger partial charge in [0.25, 0.3) is 0 Å². The van der Waals surface area contributed by atoms with Crippen LogP contribution >= 0.6 is 0 Å². The Morgan fingerprint density at radius 1 is 1.18 bits per heavy atom. The van der Waals surface area contributed by atoms with Crippen molar-refractivity contribution in [3.63, 3.8) is 0 Å². The van der Waals surface area contributed by atoms with Crippen molar-refractivity contribution in [2.75, 3.05) is 0 Å². The third kappa shape index (κ3) is 3.04. The Bertz CT molecular complexity index is 462. The molecule has 0 aliphatic carbocycles. The van der Waals surface area contributed by atoms with Crippen molar-refractivity contribution < 1.29 is 9.21 Å². The zero-order valence-electron chi connectivity index (χ0n) is 9.50. The predicted octanol–water partition coefficient (Wildman–Crippen LogP) is 2.94. The van der Waals surface area contributed by atoms with Gasteiger partial charge in [0.15, 0.2) is 11.5 Å². The van der Waals surface area contributed by atoms with Gasteiger partial charge in [-0.15, -0.1) is 0 Å². The fourth-order valence-electron chi connectivity index (χ4n) is 1.71. The fourth-order valence-corrected chi connectivity index (χ4v) is 1.71. The van der Waals surface area contributed by atoms with Crippen molar-refractivity contribution in [2.24, 2.45) is 5.73 Å². The van der Waals surface area contributed by atoms with Crippen LogP contribution in [0.1, 0.15) is 35.0 Å². The molecule has 2 rings (SSSR count). The summed E-state index contributed by atoms with van der Waals surface area (Å²) in [5.41, 5.74) is 7.07. The molecule has 0 fully saturated rings. The summed E-state index contributed by atoms with van der Waals surface area (Å²) in [6, 6.07) is 13.1. The minimum atomic E-state index is -0.102. The summed E-state index contributed by atoms with van der Waals surface area (Å²) in [5, 5.41) is 0. The molecule has 88 valence electrons. The van der Waals surface area contributed by atoms with E-state index in [-0.39, 0.29) is 11.8 Å². The zero-order valence-corrected chi connectivity index (χ0v) is 9.50. The van der Waals surface area contributed by atoms with E-state index < -0.39 is 0 Å². The molecule has 0 bridgehead atoms. The van der Waals surface area contributed by atoms with Gasteiger partial charge in [-0.25, -0.2) is 0 Å². The topological polar surface area (TPSA) is 56.2 Å². The SMILES string of the molecule is NC(CCC(=O)c1ccco1)c1ccccc1. The van der Waals surface area contributed by atoms with E-state index in [0.717, 1.165) is 5.56 Å². The minimum Gasteiger partial charge on any atom is -0.461 e. The molecule has 1 unspecified atom stereocenters. The molecule has 0 amide bonds. The quantitative estimate of drug-likeness (QED) is 0.802. The van der Waals surface area contributed by atoms with E-state index in [0.29, 0.717) is 18.6 Å². The van der Waals surface area contributed by atoms with Crippen LogP contribution in [0.25, 0.3) is 0 Å². The molecule has 17 heavy (non-hydrogen) atoms. The lowest BCUT2D eigenvalue weighted by atomic mass is 10.0. The molecular formula is C14H15NO2. The Morgan fingerprint density at radius 2 is 1.94 bits per heavy atom. The second kappa shape index (κ2) is 5.46. The van der Waals surface area contributed by atoms with Crippen LogP contribution in [-0.4, -0.2) is 5.78 Å². The molecule has 3 heteroatoms. The van der Waals surface area contributed by atoms with Crippen LogP contribution in [0.4, 0.5) is 0 Å². The summed E-state index contributed by atoms with van der Waals surface area (Å²) < 4.78 is 5.04. The van der Waals surface area contributed by atoms with E-state index >= 15 is 0 Å². The first-order valence-corrected chi connectivity index (χ1v) is 5.64. The maximum absolute atomic E-state index is 11.7. The summed E-state index contributed by atoms with van der Waals surface area (Å²) in [6.07, 6.45) is 2.54. The number of benzene rings is 1. The van der Waals surface area contributed by atoms with Gasteiger partial charge in [0.05, 0.1) is 6.26 Å². The molecule has 3 nitrogen and oxygen atoms in total. The van der Waals surface area contributed by atoms with Crippen LogP contribution in [0.5, 0.6) is 0 Å². The van der Waals surface area contributed by atoms with Crippen LogP contribution in [0.3, 0.4) is 0 Å². The number of furan rings is 1. The van der Waals surface area contributed by atoms with Crippen LogP contribution in [0.2, 0.25) is 0 Å². The van der Waals surface area contributed by atoms with Gasteiger partial charge in [-0.2, -0.15) is 0 Å². The minimum absolute atomic E-state index is 0.00128. The average molecular weight is 229 g/mol. The number of Topliss-reactive ketones (excluding diaryl/α,β-unsaturated/α-hetero) is 1. The summed E-state index contributed by atoms with van der Waals surface area (Å²) >= 11 is 0. The molecule has 0 aliphatic heterocycles. The van der Waals surface area contributed by atoms with Gasteiger partial charge in [0.2, 0.25) is 0 Å². The van der Waals surface area contributed by atoms with Crippen molar-refractivity contribution in [1.82, 2.24) is 0 Å². The van der Waals surface area contributed by atoms with E-state index in [1.807, 2.05) is 30.3 Å². The second-order valence-corrected chi connectivity index (χ2v) is 3.96. The van der Waals surface area contributed by atoms with Crippen LogP contribution in [0.15, 0.2) is 53.1 Å². The summed E-state index contributed by atoms with van der Waals surface area (Å²) in [4.78, 5) is 11.7. The maximum atomic E-state index is 11.7. The van der Waals surface area contributed by atoms with Crippen LogP contribution < -0.4 is 5.73 Å². The number of carbonyl (C=O) groups is 1. The van der Waals surface area contributed by atoms with E-state index in [2.05, 4.69) is 0 Å².